The maximum absolute atomic E-state index is 10.6. The van der Waals surface area contributed by atoms with Crippen molar-refractivity contribution < 1.29 is 9.84 Å². The molecule has 1 atom stereocenters. The van der Waals surface area contributed by atoms with E-state index in [1.54, 1.807) is 18.0 Å². The summed E-state index contributed by atoms with van der Waals surface area (Å²) in [5.41, 5.74) is 8.15. The van der Waals surface area contributed by atoms with Gasteiger partial charge in [0.1, 0.15) is 12.0 Å². The van der Waals surface area contributed by atoms with Crippen LogP contribution in [0.4, 0.5) is 22.7 Å². The number of aryl methyl sites for hydroxylation is 1. The van der Waals surface area contributed by atoms with Crippen LogP contribution in [0.1, 0.15) is 18.1 Å². The van der Waals surface area contributed by atoms with Crippen molar-refractivity contribution in [2.24, 2.45) is 7.05 Å². The van der Waals surface area contributed by atoms with Crippen LogP contribution in [-0.2, 0) is 7.05 Å². The molecule has 1 unspecified atom stereocenters. The van der Waals surface area contributed by atoms with Crippen LogP contribution in [0.3, 0.4) is 0 Å². The van der Waals surface area contributed by atoms with Crippen molar-refractivity contribution >= 4 is 28.8 Å². The topological polar surface area (TPSA) is 80.8 Å². The molecule has 2 aliphatic rings. The largest absolute Gasteiger partial charge is 0.497 e. The molecule has 174 valence electrons. The van der Waals surface area contributed by atoms with E-state index in [-0.39, 0.29) is 0 Å². The highest BCUT2D eigenvalue weighted by Crippen LogP contribution is 2.47. The lowest BCUT2D eigenvalue weighted by Gasteiger charge is -2.40. The van der Waals surface area contributed by atoms with Crippen LogP contribution in [0.5, 0.6) is 5.75 Å². The molecule has 8 heteroatoms. The number of hydrogen-bond donors (Lipinski definition) is 1. The van der Waals surface area contributed by atoms with Gasteiger partial charge < -0.3 is 24.5 Å². The SMILES string of the molecule is COc1cc(N2CCN(C)c3cc(-c4ccnn4C)c(C#N)cc32)c2c(c1)N(C)C(O)C(C)=C2. The van der Waals surface area contributed by atoms with Crippen molar-refractivity contribution in [1.82, 2.24) is 9.78 Å². The number of aliphatic hydroxyl groups is 1. The number of anilines is 4. The van der Waals surface area contributed by atoms with Crippen molar-refractivity contribution in [3.63, 3.8) is 0 Å². The third kappa shape index (κ3) is 3.28. The Kier molecular flexibility index (Phi) is 5.22. The monoisotopic (exact) mass is 456 g/mol. The average Bonchev–Trinajstić information content (AvgIpc) is 3.27. The fourth-order valence-corrected chi connectivity index (χ4v) is 4.90. The maximum Gasteiger partial charge on any atom is 0.149 e. The normalized spacial score (nSPS) is 17.1. The Balaban J connectivity index is 1.73. The fourth-order valence-electron chi connectivity index (χ4n) is 4.90. The number of aromatic nitrogens is 2. The second-order valence-electron chi connectivity index (χ2n) is 8.86. The van der Waals surface area contributed by atoms with E-state index in [2.05, 4.69) is 34.1 Å². The molecule has 3 aromatic rings. The number of nitrogens with zero attached hydrogens (tertiary/aromatic N) is 6. The summed E-state index contributed by atoms with van der Waals surface area (Å²) in [6, 6.07) is 12.4. The van der Waals surface area contributed by atoms with Gasteiger partial charge in [0.05, 0.1) is 47.2 Å². The minimum absolute atomic E-state index is 0.596. The van der Waals surface area contributed by atoms with Gasteiger partial charge in [-0.3, -0.25) is 4.68 Å². The zero-order chi connectivity index (χ0) is 24.1. The summed E-state index contributed by atoms with van der Waals surface area (Å²) in [5.74, 6) is 0.716. The number of benzene rings is 2. The van der Waals surface area contributed by atoms with Crippen LogP contribution < -0.4 is 19.4 Å². The van der Waals surface area contributed by atoms with Crippen molar-refractivity contribution in [3.8, 4) is 23.1 Å². The van der Waals surface area contributed by atoms with Crippen molar-refractivity contribution in [2.45, 2.75) is 13.2 Å². The molecule has 34 heavy (non-hydrogen) atoms. The molecule has 0 amide bonds. The number of methoxy groups -OCH3 is 1. The summed E-state index contributed by atoms with van der Waals surface area (Å²) in [7, 11) is 7.49. The zero-order valence-corrected chi connectivity index (χ0v) is 20.1. The molecule has 1 aromatic heterocycles. The average molecular weight is 457 g/mol. The molecule has 2 aromatic carbocycles. The summed E-state index contributed by atoms with van der Waals surface area (Å²) in [6.07, 6.45) is 3.11. The van der Waals surface area contributed by atoms with Crippen LogP contribution in [-0.4, -0.2) is 55.4 Å². The Hall–Kier alpha value is -3.96. The lowest BCUT2D eigenvalue weighted by molar-refractivity contribution is 0.210. The Morgan fingerprint density at radius 2 is 1.82 bits per heavy atom. The van der Waals surface area contributed by atoms with Gasteiger partial charge in [-0.2, -0.15) is 10.4 Å². The molecule has 8 nitrogen and oxygen atoms in total. The van der Waals surface area contributed by atoms with Crippen LogP contribution in [0.2, 0.25) is 0 Å². The summed E-state index contributed by atoms with van der Waals surface area (Å²) in [5, 5.41) is 24.9. The molecule has 0 bridgehead atoms. The quantitative estimate of drug-likeness (QED) is 0.643. The lowest BCUT2D eigenvalue weighted by Crippen LogP contribution is -2.38. The number of fused-ring (bicyclic) bond motifs is 2. The van der Waals surface area contributed by atoms with Gasteiger partial charge in [-0.15, -0.1) is 0 Å². The zero-order valence-electron chi connectivity index (χ0n) is 20.1. The van der Waals surface area contributed by atoms with Gasteiger partial charge in [0.15, 0.2) is 0 Å². The van der Waals surface area contributed by atoms with E-state index in [0.717, 1.165) is 58.2 Å². The molecule has 0 radical (unpaired) electrons. The van der Waals surface area contributed by atoms with Crippen molar-refractivity contribution in [1.29, 1.82) is 5.26 Å². The second kappa shape index (κ2) is 8.12. The molecular formula is C26H28N6O2. The first-order chi connectivity index (χ1) is 16.3. The van der Waals surface area contributed by atoms with E-state index < -0.39 is 6.23 Å². The summed E-state index contributed by atoms with van der Waals surface area (Å²) < 4.78 is 7.42. The number of nitriles is 1. The highest BCUT2D eigenvalue weighted by atomic mass is 16.5. The van der Waals surface area contributed by atoms with E-state index in [1.165, 1.54) is 0 Å². The highest BCUT2D eigenvalue weighted by Gasteiger charge is 2.30. The molecular weight excluding hydrogens is 428 g/mol. The molecule has 0 saturated carbocycles. The fraction of sp³-hybridized carbons (Fsp3) is 0.308. The maximum atomic E-state index is 10.6. The number of hydrogen-bond acceptors (Lipinski definition) is 7. The van der Waals surface area contributed by atoms with Crippen LogP contribution in [0.15, 0.2) is 42.1 Å². The first kappa shape index (κ1) is 21.9. The molecule has 0 fully saturated rings. The number of ether oxygens (including phenoxy) is 1. The molecule has 0 spiro atoms. The lowest BCUT2D eigenvalue weighted by atomic mass is 9.97. The predicted octanol–water partition coefficient (Wildman–Crippen LogP) is 3.73. The first-order valence-electron chi connectivity index (χ1n) is 11.2. The molecule has 0 saturated heterocycles. The summed E-state index contributed by atoms with van der Waals surface area (Å²) in [4.78, 5) is 6.33. The van der Waals surface area contributed by atoms with E-state index >= 15 is 0 Å². The van der Waals surface area contributed by atoms with E-state index in [4.69, 9.17) is 4.74 Å². The van der Waals surface area contributed by atoms with E-state index in [1.807, 2.05) is 56.3 Å². The Labute approximate surface area is 199 Å². The molecule has 0 aliphatic carbocycles. The smallest absolute Gasteiger partial charge is 0.149 e. The molecule has 2 aliphatic heterocycles. The van der Waals surface area contributed by atoms with Gasteiger partial charge >= 0.3 is 0 Å². The minimum atomic E-state index is -0.682. The van der Waals surface area contributed by atoms with Gasteiger partial charge in [-0.05, 0) is 36.8 Å². The van der Waals surface area contributed by atoms with Crippen LogP contribution >= 0.6 is 0 Å². The second-order valence-corrected chi connectivity index (χ2v) is 8.86. The molecule has 5 rings (SSSR count). The van der Waals surface area contributed by atoms with E-state index in [9.17, 15) is 10.4 Å². The van der Waals surface area contributed by atoms with Gasteiger partial charge in [-0.1, -0.05) is 0 Å². The van der Waals surface area contributed by atoms with Gasteiger partial charge in [0, 0.05) is 63.7 Å². The summed E-state index contributed by atoms with van der Waals surface area (Å²) in [6.45, 7) is 3.50. The Morgan fingerprint density at radius 1 is 1.06 bits per heavy atom. The minimum Gasteiger partial charge on any atom is -0.497 e. The van der Waals surface area contributed by atoms with Gasteiger partial charge in [-0.25, -0.2) is 0 Å². The number of rotatable bonds is 3. The molecule has 3 heterocycles. The standard InChI is InChI=1S/C26H28N6O2/c1-16-10-20-22(30(3)26(16)33)12-18(34-5)13-23(20)32-9-8-29(2)24-14-19(17(15-27)11-25(24)32)21-6-7-28-31(21)4/h6-7,10-14,26,33H,8-9H2,1-5H3. The van der Waals surface area contributed by atoms with Gasteiger partial charge in [0.25, 0.3) is 0 Å². The number of likely N-dealkylation sites (N-methyl/N-ethyl adjacent to an activating group) is 2. The highest BCUT2D eigenvalue weighted by molar-refractivity contribution is 5.92. The Bertz CT molecular complexity index is 1350. The summed E-state index contributed by atoms with van der Waals surface area (Å²) >= 11 is 0. The van der Waals surface area contributed by atoms with Crippen molar-refractivity contribution in [3.05, 3.63) is 53.2 Å². The Morgan fingerprint density at radius 3 is 2.50 bits per heavy atom. The third-order valence-corrected chi connectivity index (χ3v) is 6.86. The third-order valence-electron chi connectivity index (χ3n) is 6.86. The van der Waals surface area contributed by atoms with Crippen molar-refractivity contribution in [2.75, 3.05) is 49.0 Å². The van der Waals surface area contributed by atoms with E-state index in [0.29, 0.717) is 11.3 Å². The number of aliphatic hydroxyl groups excluding tert-OH is 1. The van der Waals surface area contributed by atoms with Gasteiger partial charge in [0.2, 0.25) is 0 Å². The van der Waals surface area contributed by atoms with Crippen LogP contribution in [0.25, 0.3) is 17.3 Å². The molecule has 1 N–H and O–H groups in total. The van der Waals surface area contributed by atoms with Crippen LogP contribution in [0, 0.1) is 11.3 Å². The predicted molar refractivity (Wildman–Crippen MR) is 135 cm³/mol. The first-order valence-corrected chi connectivity index (χ1v) is 11.2.